The maximum absolute atomic E-state index is 13.2. The predicted molar refractivity (Wildman–Crippen MR) is 439 cm³/mol. The zero-order valence-electron chi connectivity index (χ0n) is 61.2. The fourth-order valence-electron chi connectivity index (χ4n) is 12.2. The molecule has 2 saturated heterocycles. The molecule has 0 radical (unpaired) electrons. The molecule has 0 bridgehead atoms. The van der Waals surface area contributed by atoms with E-state index in [4.69, 9.17) is 90.1 Å². The van der Waals surface area contributed by atoms with Crippen LogP contribution < -0.4 is 16.0 Å². The average molecular weight is 1610 g/mol. The van der Waals surface area contributed by atoms with Gasteiger partial charge < -0.3 is 45.4 Å². The van der Waals surface area contributed by atoms with E-state index < -0.39 is 6.10 Å². The highest BCUT2D eigenvalue weighted by Crippen LogP contribution is 2.28. The lowest BCUT2D eigenvalue weighted by Gasteiger charge is -2.29. The summed E-state index contributed by atoms with van der Waals surface area (Å²) in [5, 5.41) is 48.0. The molecule has 0 spiro atoms. The third-order valence-corrected chi connectivity index (χ3v) is 19.2. The summed E-state index contributed by atoms with van der Waals surface area (Å²) in [7, 11) is 3.62. The molecule has 0 aromatic heterocycles. The lowest BCUT2D eigenvalue weighted by molar-refractivity contribution is -0.136. The van der Waals surface area contributed by atoms with Gasteiger partial charge in [0.25, 0.3) is 0 Å². The van der Waals surface area contributed by atoms with Gasteiger partial charge >= 0.3 is 0 Å². The number of ether oxygens (including phenoxy) is 1. The minimum Gasteiger partial charge on any atom is -0.392 e. The van der Waals surface area contributed by atoms with Crippen LogP contribution >= 0.6 is 69.6 Å². The minimum atomic E-state index is -0.431. The van der Waals surface area contributed by atoms with Crippen molar-refractivity contribution in [2.24, 2.45) is 0 Å². The predicted octanol–water partition coefficient (Wildman–Crippen LogP) is 14.6. The van der Waals surface area contributed by atoms with Crippen molar-refractivity contribution in [3.8, 4) is 51.6 Å². The van der Waals surface area contributed by atoms with E-state index in [1.807, 2.05) is 151 Å². The first-order chi connectivity index (χ1) is 53.4. The van der Waals surface area contributed by atoms with Crippen LogP contribution in [0.5, 0.6) is 0 Å². The molecular weight excluding hydrogens is 1530 g/mol. The quantitative estimate of drug-likeness (QED) is 0.0373. The fraction of sp³-hybridized carbons (Fsp3) is 0.259. The summed E-state index contributed by atoms with van der Waals surface area (Å²) in [6, 6.07) is 67.1. The molecule has 0 unspecified atom stereocenters. The van der Waals surface area contributed by atoms with Gasteiger partial charge in [-0.25, -0.2) is 0 Å². The van der Waals surface area contributed by atoms with Crippen LogP contribution in [0.3, 0.4) is 0 Å². The second-order valence-corrected chi connectivity index (χ2v) is 29.4. The van der Waals surface area contributed by atoms with E-state index in [-0.39, 0.29) is 74.7 Å². The molecule has 2 fully saturated rings. The highest BCUT2D eigenvalue weighted by atomic mass is 35.5. The highest BCUT2D eigenvalue weighted by Gasteiger charge is 2.27. The average Bonchev–Trinajstić information content (AvgIpc) is 1.27. The number of nitrogens with zero attached hydrogens (tertiary/aromatic N) is 9. The molecule has 26 heteroatoms. The number of aliphatic hydroxyl groups is 1. The van der Waals surface area contributed by atoms with Crippen LogP contribution in [-0.4, -0.2) is 188 Å². The van der Waals surface area contributed by atoms with Crippen LogP contribution in [0.25, 0.3) is 33.4 Å². The van der Waals surface area contributed by atoms with Gasteiger partial charge in [0.1, 0.15) is 0 Å². The maximum Gasteiger partial charge on any atom is 0.243 e. The zero-order valence-corrected chi connectivity index (χ0v) is 65.7. The Balaban J connectivity index is 0.000000192. The zero-order chi connectivity index (χ0) is 79.3. The number of likely N-dealkylation sites (N-methyl/N-ethyl adjacent to an activating group) is 1. The van der Waals surface area contributed by atoms with Gasteiger partial charge in [-0.3, -0.25) is 38.6 Å². The number of anilines is 3. The molecule has 111 heavy (non-hydrogen) atoms. The van der Waals surface area contributed by atoms with Gasteiger partial charge in [-0.15, -0.1) is 0 Å². The Morgan fingerprint density at radius 1 is 0.414 bits per heavy atom. The van der Waals surface area contributed by atoms with Crippen LogP contribution in [0.1, 0.15) is 39.8 Å². The topological polar surface area (TPSA) is 259 Å². The highest BCUT2D eigenvalue weighted by molar-refractivity contribution is 6.36. The molecular formula is C85H82Cl6N12O8. The van der Waals surface area contributed by atoms with Crippen LogP contribution in [0.4, 0.5) is 17.1 Å². The third kappa shape index (κ3) is 28.3. The number of β-amino-alcohol motifs (C(OH)–C–C–N with tert-alkyl or cyclic N) is 1. The number of rotatable bonds is 27. The molecule has 2 aliphatic heterocycles. The minimum absolute atomic E-state index is 0.0875. The summed E-state index contributed by atoms with van der Waals surface area (Å²) in [6.45, 7) is 5.02. The van der Waals surface area contributed by atoms with Crippen LogP contribution in [-0.2, 0) is 52.8 Å². The van der Waals surface area contributed by atoms with Crippen molar-refractivity contribution in [2.75, 3.05) is 128 Å². The molecule has 0 aliphatic carbocycles. The van der Waals surface area contributed by atoms with E-state index in [0.29, 0.717) is 149 Å². The van der Waals surface area contributed by atoms with Crippen molar-refractivity contribution in [3.63, 3.8) is 0 Å². The van der Waals surface area contributed by atoms with E-state index in [2.05, 4.69) is 34.2 Å². The first kappa shape index (κ1) is 84.8. The van der Waals surface area contributed by atoms with Crippen molar-refractivity contribution in [2.45, 2.75) is 31.8 Å². The molecule has 2 aliphatic rings. The van der Waals surface area contributed by atoms with Crippen LogP contribution in [0.15, 0.2) is 200 Å². The summed E-state index contributed by atoms with van der Waals surface area (Å²) >= 11 is 36.2. The van der Waals surface area contributed by atoms with E-state index in [9.17, 15) is 33.9 Å². The summed E-state index contributed by atoms with van der Waals surface area (Å²) in [5.41, 5.74) is 12.2. The number of morpholine rings is 1. The van der Waals surface area contributed by atoms with E-state index in [0.717, 1.165) is 50.1 Å². The number of nitriles is 3. The van der Waals surface area contributed by atoms with E-state index in [1.165, 1.54) is 4.90 Å². The van der Waals surface area contributed by atoms with Crippen molar-refractivity contribution in [1.29, 1.82) is 15.8 Å². The van der Waals surface area contributed by atoms with Gasteiger partial charge in [-0.2, -0.15) is 15.8 Å². The monoisotopic (exact) mass is 1610 g/mol. The summed E-state index contributed by atoms with van der Waals surface area (Å²) < 4.78 is 5.38. The van der Waals surface area contributed by atoms with Gasteiger partial charge in [-0.05, 0) is 181 Å². The Labute approximate surface area is 676 Å². The Morgan fingerprint density at radius 2 is 0.730 bits per heavy atom. The number of hydrogen-bond acceptors (Lipinski definition) is 14. The van der Waals surface area contributed by atoms with Gasteiger partial charge in [0, 0.05) is 93.0 Å². The van der Waals surface area contributed by atoms with E-state index >= 15 is 0 Å². The van der Waals surface area contributed by atoms with Crippen molar-refractivity contribution < 1.29 is 38.6 Å². The van der Waals surface area contributed by atoms with Gasteiger partial charge in [-0.1, -0.05) is 179 Å². The summed E-state index contributed by atoms with van der Waals surface area (Å²) in [4.78, 5) is 88.0. The maximum atomic E-state index is 13.2. The Bertz CT molecular complexity index is 4600. The summed E-state index contributed by atoms with van der Waals surface area (Å²) in [6.07, 6.45) is 1.94. The molecule has 0 saturated carbocycles. The van der Waals surface area contributed by atoms with Gasteiger partial charge in [0.05, 0.1) is 93.5 Å². The number of hydrogen-bond donors (Lipinski definition) is 4. The van der Waals surface area contributed by atoms with Crippen molar-refractivity contribution in [3.05, 3.63) is 264 Å². The smallest absolute Gasteiger partial charge is 0.243 e. The number of aliphatic hydroxyl groups excluding tert-OH is 1. The number of carbonyl (C=O) groups is 6. The number of amides is 6. The van der Waals surface area contributed by atoms with Crippen molar-refractivity contribution >= 4 is 122 Å². The second-order valence-electron chi connectivity index (χ2n) is 26.8. The largest absolute Gasteiger partial charge is 0.392 e. The third-order valence-electron chi connectivity index (χ3n) is 17.9. The van der Waals surface area contributed by atoms with Gasteiger partial charge in [0.2, 0.25) is 35.4 Å². The first-order valence-corrected chi connectivity index (χ1v) is 37.9. The number of nitrogens with one attached hydrogen (secondary N) is 3. The Kier molecular flexibility index (Phi) is 32.7. The lowest BCUT2D eigenvalue weighted by atomic mass is 10.0. The Morgan fingerprint density at radius 3 is 1.03 bits per heavy atom. The summed E-state index contributed by atoms with van der Waals surface area (Å²) in [5.74, 6) is -1.45. The molecule has 11 rings (SSSR count). The Hall–Kier alpha value is -10.2. The number of carbonyl (C=O) groups excluding carboxylic acids is 6. The number of halogens is 6. The molecule has 2 heterocycles. The molecule has 1 atom stereocenters. The molecule has 6 amide bonds. The number of likely N-dealkylation sites (tertiary alicyclic amines) is 1. The standard InChI is InChI=1S/2C29H28Cl2N4O3.C27H26Cl2N4O2/c30-24-13-25(31)15-26(14-24)33-28(37)18-35(29(38)19-34-10-9-27(36)17-34)11-8-20-4-6-22(7-5-20)23-3-1-2-21(12-23)16-32;30-25-15-26(31)17-27(16-25)33-28(36)19-35(29(37)20-34-10-12-38-13-11-34)9-8-21-4-6-23(7-5-21)24-3-1-2-22(14-24)18-32;1-32(2)18-27(35)33(17-26(34)31-25-14-23(28)13-24(29)15-25)11-10-19-6-8-21(9-7-19)22-5-3-4-20(12-22)16-30/h1-7,12-15,27,36H,8-11,17-19H2,(H,33,37);1-7,14-17H,8-13,19-20H2,(H,33,36);3-9,12-15H,10-11,17-18H2,1-2H3,(H,31,34)/t27-;;/m1../s1. The normalized spacial score (nSPS) is 13.2. The number of benzene rings is 9. The van der Waals surface area contributed by atoms with Crippen molar-refractivity contribution in [1.82, 2.24) is 29.4 Å². The first-order valence-electron chi connectivity index (χ1n) is 35.7. The molecule has 4 N–H and O–H groups in total. The molecule has 9 aromatic carbocycles. The van der Waals surface area contributed by atoms with Crippen LogP contribution in [0, 0.1) is 34.0 Å². The second kappa shape index (κ2) is 42.8. The fourth-order valence-corrected chi connectivity index (χ4v) is 13.8. The molecule has 572 valence electrons. The molecule has 20 nitrogen and oxygen atoms in total. The van der Waals surface area contributed by atoms with Gasteiger partial charge in [0.15, 0.2) is 0 Å². The SMILES string of the molecule is CN(C)CC(=O)N(CCc1ccc(-c2cccc(C#N)c2)cc1)CC(=O)Nc1cc(Cl)cc(Cl)c1.N#Cc1cccc(-c2ccc(CCN(CC(=O)Nc3cc(Cl)cc(Cl)c3)C(=O)CN3CCOCC3)cc2)c1.N#Cc1cccc(-c2ccc(CCN(CC(=O)Nc3cc(Cl)cc(Cl)c3)C(=O)CN3CC[C@@H](O)C3)cc2)c1. The lowest BCUT2D eigenvalue weighted by Crippen LogP contribution is -2.47. The van der Waals surface area contributed by atoms with E-state index in [1.54, 1.807) is 87.5 Å². The van der Waals surface area contributed by atoms with Crippen LogP contribution in [0.2, 0.25) is 30.1 Å². The molecule has 9 aromatic rings.